The largest absolute Gasteiger partial charge is 0.368 e. The van der Waals surface area contributed by atoms with Crippen molar-refractivity contribution in [2.75, 3.05) is 11.9 Å². The first kappa shape index (κ1) is 12.9. The lowest BCUT2D eigenvalue weighted by molar-refractivity contribution is 0.100. The minimum Gasteiger partial charge on any atom is -0.368 e. The predicted octanol–water partition coefficient (Wildman–Crippen LogP) is 1.48. The van der Waals surface area contributed by atoms with Crippen LogP contribution in [-0.2, 0) is 0 Å². The van der Waals surface area contributed by atoms with Crippen LogP contribution in [0, 0.1) is 5.92 Å². The zero-order valence-corrected chi connectivity index (χ0v) is 11.2. The van der Waals surface area contributed by atoms with Gasteiger partial charge in [0.05, 0.1) is 11.1 Å². The van der Waals surface area contributed by atoms with E-state index in [9.17, 15) is 4.79 Å². The van der Waals surface area contributed by atoms with E-state index in [2.05, 4.69) is 10.3 Å². The zero-order valence-electron chi connectivity index (χ0n) is 11.2. The summed E-state index contributed by atoms with van der Waals surface area (Å²) >= 11 is 0. The van der Waals surface area contributed by atoms with Crippen LogP contribution in [-0.4, -0.2) is 23.5 Å². The Balaban J connectivity index is 1.88. The number of carbonyl (C=O) groups excluding carboxylic acids is 1. The molecule has 0 saturated heterocycles. The van der Waals surface area contributed by atoms with Gasteiger partial charge in [0.1, 0.15) is 5.82 Å². The van der Waals surface area contributed by atoms with Gasteiger partial charge in [-0.15, -0.1) is 0 Å². The molecule has 1 aliphatic carbocycles. The van der Waals surface area contributed by atoms with Crippen LogP contribution in [0.1, 0.15) is 23.2 Å². The quantitative estimate of drug-likeness (QED) is 0.767. The van der Waals surface area contributed by atoms with Crippen LogP contribution in [0.2, 0.25) is 0 Å². The summed E-state index contributed by atoms with van der Waals surface area (Å²) in [7, 11) is 0. The number of para-hydroxylation sites is 1. The Morgan fingerprint density at radius 3 is 2.85 bits per heavy atom. The Kier molecular flexibility index (Phi) is 3.28. The van der Waals surface area contributed by atoms with Crippen LogP contribution in [0.15, 0.2) is 30.3 Å². The van der Waals surface area contributed by atoms with Gasteiger partial charge in [0.2, 0.25) is 5.91 Å². The van der Waals surface area contributed by atoms with Crippen molar-refractivity contribution in [2.45, 2.75) is 18.9 Å². The van der Waals surface area contributed by atoms with Gasteiger partial charge < -0.3 is 16.8 Å². The van der Waals surface area contributed by atoms with E-state index < -0.39 is 5.91 Å². The maximum absolute atomic E-state index is 11.6. The number of hydrogen-bond acceptors (Lipinski definition) is 4. The molecule has 1 heterocycles. The third-order valence-electron chi connectivity index (χ3n) is 3.73. The molecule has 1 unspecified atom stereocenters. The number of anilines is 1. The first-order chi connectivity index (χ1) is 9.65. The number of carbonyl (C=O) groups is 1. The minimum atomic E-state index is -0.446. The first-order valence-corrected chi connectivity index (χ1v) is 6.84. The van der Waals surface area contributed by atoms with Crippen LogP contribution in [0.25, 0.3) is 10.9 Å². The van der Waals surface area contributed by atoms with E-state index in [1.807, 2.05) is 24.3 Å². The van der Waals surface area contributed by atoms with Crippen molar-refractivity contribution in [3.05, 3.63) is 35.9 Å². The molecular formula is C15H18N4O. The van der Waals surface area contributed by atoms with E-state index in [1.54, 1.807) is 6.07 Å². The molecule has 5 heteroatoms. The summed E-state index contributed by atoms with van der Waals surface area (Å²) in [6.07, 6.45) is 2.42. The predicted molar refractivity (Wildman–Crippen MR) is 79.5 cm³/mol. The van der Waals surface area contributed by atoms with Crippen molar-refractivity contribution in [3.8, 4) is 0 Å². The minimum absolute atomic E-state index is 0.139. The smallest absolute Gasteiger partial charge is 0.249 e. The molecule has 1 aliphatic rings. The molecule has 2 aromatic rings. The molecule has 0 radical (unpaired) electrons. The van der Waals surface area contributed by atoms with Gasteiger partial charge in [-0.2, -0.15) is 0 Å². The van der Waals surface area contributed by atoms with Gasteiger partial charge in [-0.3, -0.25) is 4.79 Å². The molecule has 20 heavy (non-hydrogen) atoms. The molecule has 5 nitrogen and oxygen atoms in total. The monoisotopic (exact) mass is 270 g/mol. The Bertz CT molecular complexity index is 651. The molecule has 0 aliphatic heterocycles. The molecule has 1 aromatic heterocycles. The maximum atomic E-state index is 11.6. The summed E-state index contributed by atoms with van der Waals surface area (Å²) in [6.45, 7) is 0.661. The van der Waals surface area contributed by atoms with E-state index in [4.69, 9.17) is 11.5 Å². The van der Waals surface area contributed by atoms with E-state index in [0.717, 1.165) is 10.9 Å². The second-order valence-corrected chi connectivity index (χ2v) is 5.32. The summed E-state index contributed by atoms with van der Waals surface area (Å²) in [4.78, 5) is 16.1. The van der Waals surface area contributed by atoms with Crippen molar-refractivity contribution in [1.82, 2.24) is 4.98 Å². The molecule has 1 atom stereocenters. The summed E-state index contributed by atoms with van der Waals surface area (Å²) in [5, 5.41) is 3.98. The van der Waals surface area contributed by atoms with Crippen LogP contribution < -0.4 is 16.8 Å². The third-order valence-corrected chi connectivity index (χ3v) is 3.73. The van der Waals surface area contributed by atoms with Gasteiger partial charge >= 0.3 is 0 Å². The highest BCUT2D eigenvalue weighted by Gasteiger charge is 2.28. The van der Waals surface area contributed by atoms with Crippen molar-refractivity contribution in [1.29, 1.82) is 0 Å². The number of pyridine rings is 1. The molecule has 104 valence electrons. The number of primary amides is 1. The highest BCUT2D eigenvalue weighted by Crippen LogP contribution is 2.31. The highest BCUT2D eigenvalue weighted by molar-refractivity contribution is 6.06. The summed E-state index contributed by atoms with van der Waals surface area (Å²) in [6, 6.07) is 9.31. The Morgan fingerprint density at radius 1 is 1.40 bits per heavy atom. The molecule has 3 rings (SSSR count). The van der Waals surface area contributed by atoms with Gasteiger partial charge in [0, 0.05) is 18.0 Å². The Labute approximate surface area is 117 Å². The SMILES string of the molecule is NC(=O)c1cc(NCC(N)C2CC2)nc2ccccc12. The Morgan fingerprint density at radius 2 is 2.15 bits per heavy atom. The van der Waals surface area contributed by atoms with Crippen LogP contribution in [0.4, 0.5) is 5.82 Å². The molecule has 1 saturated carbocycles. The first-order valence-electron chi connectivity index (χ1n) is 6.84. The fourth-order valence-electron chi connectivity index (χ4n) is 2.38. The van der Waals surface area contributed by atoms with Gasteiger partial charge in [-0.05, 0) is 30.9 Å². The molecule has 0 bridgehead atoms. The lowest BCUT2D eigenvalue weighted by Gasteiger charge is -2.13. The van der Waals surface area contributed by atoms with Crippen molar-refractivity contribution in [3.63, 3.8) is 0 Å². The van der Waals surface area contributed by atoms with Crippen LogP contribution in [0.3, 0.4) is 0 Å². The number of amides is 1. The number of fused-ring (bicyclic) bond motifs is 1. The lowest BCUT2D eigenvalue weighted by Crippen LogP contribution is -2.31. The van der Waals surface area contributed by atoms with Gasteiger partial charge in [0.15, 0.2) is 0 Å². The fourth-order valence-corrected chi connectivity index (χ4v) is 2.38. The number of hydrogen-bond donors (Lipinski definition) is 3. The third kappa shape index (κ3) is 2.58. The van der Waals surface area contributed by atoms with E-state index >= 15 is 0 Å². The average molecular weight is 270 g/mol. The molecule has 1 amide bonds. The Hall–Kier alpha value is -2.14. The highest BCUT2D eigenvalue weighted by atomic mass is 16.1. The van der Waals surface area contributed by atoms with Crippen molar-refractivity contribution in [2.24, 2.45) is 17.4 Å². The summed E-state index contributed by atoms with van der Waals surface area (Å²) in [5.74, 6) is 0.824. The number of nitrogens with zero attached hydrogens (tertiary/aromatic N) is 1. The van der Waals surface area contributed by atoms with Gasteiger partial charge in [-0.25, -0.2) is 4.98 Å². The molecule has 5 N–H and O–H groups in total. The molecule has 1 fully saturated rings. The van der Waals surface area contributed by atoms with Crippen molar-refractivity contribution >= 4 is 22.6 Å². The zero-order chi connectivity index (χ0) is 14.1. The standard InChI is InChI=1S/C15H18N4O/c16-12(9-5-6-9)8-18-14-7-11(15(17)20)10-3-1-2-4-13(10)19-14/h1-4,7,9,12H,5-6,8,16H2,(H2,17,20)(H,18,19). The number of nitrogens with two attached hydrogens (primary N) is 2. The molecule has 0 spiro atoms. The van der Waals surface area contributed by atoms with Crippen LogP contribution >= 0.6 is 0 Å². The number of aromatic nitrogens is 1. The number of rotatable bonds is 5. The van der Waals surface area contributed by atoms with Crippen LogP contribution in [0.5, 0.6) is 0 Å². The average Bonchev–Trinajstić information content (AvgIpc) is 3.28. The van der Waals surface area contributed by atoms with E-state index in [-0.39, 0.29) is 6.04 Å². The van der Waals surface area contributed by atoms with E-state index in [1.165, 1.54) is 12.8 Å². The summed E-state index contributed by atoms with van der Waals surface area (Å²) in [5.41, 5.74) is 12.7. The van der Waals surface area contributed by atoms with E-state index in [0.29, 0.717) is 23.8 Å². The summed E-state index contributed by atoms with van der Waals surface area (Å²) < 4.78 is 0. The number of benzene rings is 1. The second-order valence-electron chi connectivity index (χ2n) is 5.32. The van der Waals surface area contributed by atoms with Gasteiger partial charge in [-0.1, -0.05) is 18.2 Å². The topological polar surface area (TPSA) is 94.0 Å². The second kappa shape index (κ2) is 5.09. The number of nitrogens with one attached hydrogen (secondary N) is 1. The fraction of sp³-hybridized carbons (Fsp3) is 0.333. The normalized spacial score (nSPS) is 16.1. The van der Waals surface area contributed by atoms with Crippen molar-refractivity contribution < 1.29 is 4.79 Å². The molecule has 1 aromatic carbocycles. The van der Waals surface area contributed by atoms with Gasteiger partial charge in [0.25, 0.3) is 0 Å². The maximum Gasteiger partial charge on any atom is 0.249 e. The lowest BCUT2D eigenvalue weighted by atomic mass is 10.1. The molecular weight excluding hydrogens is 252 g/mol.